The number of aliphatic carboxylic acids is 1. The van der Waals surface area contributed by atoms with Crippen LogP contribution in [0.3, 0.4) is 0 Å². The fourth-order valence-electron chi connectivity index (χ4n) is 4.12. The summed E-state index contributed by atoms with van der Waals surface area (Å²) >= 11 is 0. The van der Waals surface area contributed by atoms with E-state index in [0.29, 0.717) is 57.3 Å². The lowest BCUT2D eigenvalue weighted by Crippen LogP contribution is -2.58. The van der Waals surface area contributed by atoms with Crippen LogP contribution < -0.4 is 22.1 Å². The first-order valence-corrected chi connectivity index (χ1v) is 12.3. The molecule has 35 heavy (non-hydrogen) atoms. The van der Waals surface area contributed by atoms with Gasteiger partial charge in [-0.05, 0) is 44.6 Å². The van der Waals surface area contributed by atoms with Crippen LogP contribution in [0.5, 0.6) is 0 Å². The minimum Gasteiger partial charge on any atom is -0.480 e. The second-order valence-corrected chi connectivity index (χ2v) is 9.13. The Morgan fingerprint density at radius 3 is 2.54 bits per heavy atom. The van der Waals surface area contributed by atoms with E-state index in [0.717, 1.165) is 0 Å². The van der Waals surface area contributed by atoms with Gasteiger partial charge in [0.1, 0.15) is 18.1 Å². The highest BCUT2D eigenvalue weighted by Crippen LogP contribution is 2.19. The minimum atomic E-state index is -1.08. The maximum atomic E-state index is 13.4. The van der Waals surface area contributed by atoms with E-state index in [2.05, 4.69) is 20.6 Å². The van der Waals surface area contributed by atoms with Crippen molar-refractivity contribution in [3.8, 4) is 0 Å². The molecule has 12 nitrogen and oxygen atoms in total. The maximum Gasteiger partial charge on any atom is 0.326 e. The molecule has 196 valence electrons. The van der Waals surface area contributed by atoms with Gasteiger partial charge in [-0.3, -0.25) is 14.4 Å². The lowest BCUT2D eigenvalue weighted by Gasteiger charge is -2.29. The molecule has 5 atom stereocenters. The van der Waals surface area contributed by atoms with Gasteiger partial charge in [0, 0.05) is 24.9 Å². The number of nitrogens with one attached hydrogen (secondary N) is 3. The Morgan fingerprint density at radius 2 is 1.94 bits per heavy atom. The quantitative estimate of drug-likeness (QED) is 0.186. The molecule has 0 aliphatic carbocycles. The lowest BCUT2D eigenvalue weighted by atomic mass is 9.98. The second-order valence-electron chi connectivity index (χ2n) is 9.13. The van der Waals surface area contributed by atoms with E-state index >= 15 is 0 Å². The van der Waals surface area contributed by atoms with Crippen molar-refractivity contribution in [1.29, 1.82) is 0 Å². The summed E-state index contributed by atoms with van der Waals surface area (Å²) in [5, 5.41) is 15.0. The minimum absolute atomic E-state index is 0.0689. The number of rotatable bonds is 14. The Bertz CT molecular complexity index is 847. The molecule has 1 aromatic rings. The predicted octanol–water partition coefficient (Wildman–Crippen LogP) is -0.500. The Hall–Kier alpha value is -2.99. The Balaban J connectivity index is 2.20. The Kier molecular flexibility index (Phi) is 11.1. The molecule has 1 aliphatic rings. The molecular weight excluding hydrogens is 454 g/mol. The van der Waals surface area contributed by atoms with E-state index in [1.165, 1.54) is 17.4 Å². The Labute approximate surface area is 205 Å². The van der Waals surface area contributed by atoms with Gasteiger partial charge in [-0.2, -0.15) is 0 Å². The third-order valence-electron chi connectivity index (χ3n) is 6.55. The first-order chi connectivity index (χ1) is 16.7. The van der Waals surface area contributed by atoms with Crippen molar-refractivity contribution in [2.24, 2.45) is 17.4 Å². The average Bonchev–Trinajstić information content (AvgIpc) is 3.53. The van der Waals surface area contributed by atoms with Crippen molar-refractivity contribution in [2.75, 3.05) is 13.1 Å². The number of imidazole rings is 1. The number of carboxylic acid groups (broad SMARTS) is 1. The van der Waals surface area contributed by atoms with Crippen LogP contribution in [-0.2, 0) is 25.6 Å². The number of aromatic nitrogens is 2. The molecule has 1 fully saturated rings. The molecule has 8 N–H and O–H groups in total. The first-order valence-electron chi connectivity index (χ1n) is 12.3. The molecule has 2 heterocycles. The number of carbonyl (C=O) groups excluding carboxylic acids is 3. The number of hydrogen-bond acceptors (Lipinski definition) is 7. The molecule has 5 unspecified atom stereocenters. The summed E-state index contributed by atoms with van der Waals surface area (Å²) in [4.78, 5) is 59.1. The highest BCUT2D eigenvalue weighted by Gasteiger charge is 2.38. The van der Waals surface area contributed by atoms with Crippen molar-refractivity contribution in [3.63, 3.8) is 0 Å². The molecule has 1 saturated heterocycles. The van der Waals surface area contributed by atoms with Crippen LogP contribution >= 0.6 is 0 Å². The number of unbranched alkanes of at least 4 members (excludes halogenated alkanes) is 1. The number of nitrogens with two attached hydrogens (primary N) is 2. The Morgan fingerprint density at radius 1 is 1.23 bits per heavy atom. The SMILES string of the molecule is CCC(C)C(N)C(=O)NC(CCCCN)C(=O)NC(Cc1cnc[nH]1)C(=O)N1CCCC1C(=O)O. The van der Waals surface area contributed by atoms with Gasteiger partial charge in [0.05, 0.1) is 12.4 Å². The van der Waals surface area contributed by atoms with E-state index in [4.69, 9.17) is 11.5 Å². The summed E-state index contributed by atoms with van der Waals surface area (Å²) in [6.07, 6.45) is 6.33. The summed E-state index contributed by atoms with van der Waals surface area (Å²) in [7, 11) is 0. The standard InChI is InChI=1S/C23H39N7O5/c1-3-14(2)19(25)21(32)28-16(7-4-5-9-24)20(31)29-17(11-15-12-26-13-27-15)22(33)30-10-6-8-18(30)23(34)35/h12-14,16-19H,3-11,24-25H2,1-2H3,(H,26,27)(H,28,32)(H,29,31)(H,34,35). The van der Waals surface area contributed by atoms with Gasteiger partial charge in [0.15, 0.2) is 0 Å². The van der Waals surface area contributed by atoms with Crippen LogP contribution in [0.1, 0.15) is 58.1 Å². The highest BCUT2D eigenvalue weighted by atomic mass is 16.4. The maximum absolute atomic E-state index is 13.4. The van der Waals surface area contributed by atoms with Crippen LogP contribution in [0.15, 0.2) is 12.5 Å². The van der Waals surface area contributed by atoms with Gasteiger partial charge in [0.2, 0.25) is 17.7 Å². The van der Waals surface area contributed by atoms with E-state index in [-0.39, 0.29) is 12.3 Å². The largest absolute Gasteiger partial charge is 0.480 e. The van der Waals surface area contributed by atoms with Gasteiger partial charge in [-0.15, -0.1) is 0 Å². The number of aromatic amines is 1. The number of nitrogens with zero attached hydrogens (tertiary/aromatic N) is 2. The summed E-state index contributed by atoms with van der Waals surface area (Å²) in [5.41, 5.74) is 12.2. The molecule has 0 bridgehead atoms. The first kappa shape index (κ1) is 28.2. The fourth-order valence-corrected chi connectivity index (χ4v) is 4.12. The summed E-state index contributed by atoms with van der Waals surface area (Å²) in [5.74, 6) is -2.60. The number of carboxylic acids is 1. The molecule has 1 aromatic heterocycles. The van der Waals surface area contributed by atoms with Crippen molar-refractivity contribution in [1.82, 2.24) is 25.5 Å². The van der Waals surface area contributed by atoms with E-state index in [1.807, 2.05) is 13.8 Å². The van der Waals surface area contributed by atoms with Crippen molar-refractivity contribution >= 4 is 23.7 Å². The van der Waals surface area contributed by atoms with Crippen molar-refractivity contribution in [2.45, 2.75) is 83.0 Å². The van der Waals surface area contributed by atoms with E-state index in [1.54, 1.807) is 0 Å². The van der Waals surface area contributed by atoms with Gasteiger partial charge in [-0.25, -0.2) is 9.78 Å². The predicted molar refractivity (Wildman–Crippen MR) is 129 cm³/mol. The fraction of sp³-hybridized carbons (Fsp3) is 0.696. The molecule has 1 aliphatic heterocycles. The molecular formula is C23H39N7O5. The zero-order valence-electron chi connectivity index (χ0n) is 20.5. The van der Waals surface area contributed by atoms with Crippen LogP contribution in [0, 0.1) is 5.92 Å². The zero-order valence-corrected chi connectivity index (χ0v) is 20.5. The van der Waals surface area contributed by atoms with Crippen LogP contribution in [0.2, 0.25) is 0 Å². The van der Waals surface area contributed by atoms with Gasteiger partial charge < -0.3 is 37.1 Å². The van der Waals surface area contributed by atoms with Crippen LogP contribution in [0.25, 0.3) is 0 Å². The van der Waals surface area contributed by atoms with Crippen molar-refractivity contribution < 1.29 is 24.3 Å². The topological polar surface area (TPSA) is 197 Å². The molecule has 2 rings (SSSR count). The number of H-pyrrole nitrogens is 1. The third-order valence-corrected chi connectivity index (χ3v) is 6.55. The number of likely N-dealkylation sites (tertiary alicyclic amines) is 1. The van der Waals surface area contributed by atoms with Crippen LogP contribution in [0.4, 0.5) is 0 Å². The number of amides is 3. The summed E-state index contributed by atoms with van der Waals surface area (Å²) in [6.45, 7) is 4.53. The second kappa shape index (κ2) is 13.8. The van der Waals surface area contributed by atoms with Gasteiger partial charge in [-0.1, -0.05) is 20.3 Å². The van der Waals surface area contributed by atoms with Crippen LogP contribution in [-0.4, -0.2) is 80.9 Å². The molecule has 0 saturated carbocycles. The highest BCUT2D eigenvalue weighted by molar-refractivity contribution is 5.94. The number of hydrogen-bond donors (Lipinski definition) is 6. The summed E-state index contributed by atoms with van der Waals surface area (Å²) < 4.78 is 0. The lowest BCUT2D eigenvalue weighted by molar-refractivity contribution is -0.149. The van der Waals surface area contributed by atoms with Gasteiger partial charge >= 0.3 is 5.97 Å². The molecule has 0 radical (unpaired) electrons. The van der Waals surface area contributed by atoms with Crippen molar-refractivity contribution in [3.05, 3.63) is 18.2 Å². The smallest absolute Gasteiger partial charge is 0.326 e. The average molecular weight is 494 g/mol. The molecule has 12 heteroatoms. The molecule has 0 spiro atoms. The van der Waals surface area contributed by atoms with E-state index < -0.39 is 47.9 Å². The zero-order chi connectivity index (χ0) is 26.0. The number of carbonyl (C=O) groups is 4. The van der Waals surface area contributed by atoms with Gasteiger partial charge in [0.25, 0.3) is 0 Å². The summed E-state index contributed by atoms with van der Waals surface area (Å²) in [6, 6.07) is -3.64. The molecule has 3 amide bonds. The monoisotopic (exact) mass is 493 g/mol. The third kappa shape index (κ3) is 8.03. The normalized spacial score (nSPS) is 19.0. The molecule has 0 aromatic carbocycles. The van der Waals surface area contributed by atoms with E-state index in [9.17, 15) is 24.3 Å².